The zero-order valence-electron chi connectivity index (χ0n) is 13.0. The molecule has 1 unspecified atom stereocenters. The van der Waals surface area contributed by atoms with E-state index in [1.165, 1.54) is 0 Å². The summed E-state index contributed by atoms with van der Waals surface area (Å²) in [7, 11) is 0. The SMILES string of the molecule is O=CC(OCc1cccs1)N1CCN(c2ccc(Cl)cc2Cl)CC1. The first-order valence-corrected chi connectivity index (χ1v) is 9.34. The summed E-state index contributed by atoms with van der Waals surface area (Å²) >= 11 is 13.9. The van der Waals surface area contributed by atoms with Crippen molar-refractivity contribution in [2.24, 2.45) is 0 Å². The lowest BCUT2D eigenvalue weighted by atomic mass is 10.2. The van der Waals surface area contributed by atoms with E-state index in [0.29, 0.717) is 16.7 Å². The minimum absolute atomic E-state index is 0.463. The topological polar surface area (TPSA) is 32.8 Å². The van der Waals surface area contributed by atoms with E-state index in [1.807, 2.05) is 29.6 Å². The minimum Gasteiger partial charge on any atom is -0.368 e. The van der Waals surface area contributed by atoms with E-state index in [4.69, 9.17) is 27.9 Å². The maximum Gasteiger partial charge on any atom is 0.167 e. The molecule has 0 N–H and O–H groups in total. The second-order valence-electron chi connectivity index (χ2n) is 5.54. The van der Waals surface area contributed by atoms with Crippen molar-refractivity contribution in [3.8, 4) is 0 Å². The smallest absolute Gasteiger partial charge is 0.167 e. The van der Waals surface area contributed by atoms with Crippen LogP contribution in [0.2, 0.25) is 10.0 Å². The first kappa shape index (κ1) is 17.7. The Balaban J connectivity index is 1.56. The number of rotatable bonds is 6. The van der Waals surface area contributed by atoms with Crippen molar-refractivity contribution < 1.29 is 9.53 Å². The van der Waals surface area contributed by atoms with Gasteiger partial charge in [0.1, 0.15) is 0 Å². The molecule has 2 aromatic rings. The van der Waals surface area contributed by atoms with Crippen LogP contribution in [0.25, 0.3) is 0 Å². The lowest BCUT2D eigenvalue weighted by Crippen LogP contribution is -2.51. The third-order valence-corrected chi connectivity index (χ3v) is 5.41. The van der Waals surface area contributed by atoms with E-state index in [9.17, 15) is 4.79 Å². The van der Waals surface area contributed by atoms with Gasteiger partial charge in [-0.25, -0.2) is 0 Å². The summed E-state index contributed by atoms with van der Waals surface area (Å²) in [6, 6.07) is 9.52. The molecule has 1 aromatic heterocycles. The molecule has 0 spiro atoms. The number of nitrogens with zero attached hydrogens (tertiary/aromatic N) is 2. The number of benzene rings is 1. The highest BCUT2D eigenvalue weighted by Gasteiger charge is 2.25. The highest BCUT2D eigenvalue weighted by Crippen LogP contribution is 2.29. The van der Waals surface area contributed by atoms with E-state index >= 15 is 0 Å². The second-order valence-corrected chi connectivity index (χ2v) is 7.41. The van der Waals surface area contributed by atoms with Crippen molar-refractivity contribution in [1.82, 2.24) is 4.90 Å². The average molecular weight is 385 g/mol. The van der Waals surface area contributed by atoms with Gasteiger partial charge in [-0.2, -0.15) is 0 Å². The summed E-state index contributed by atoms with van der Waals surface area (Å²) in [6.45, 7) is 3.52. The molecule has 1 aromatic carbocycles. The van der Waals surface area contributed by atoms with Crippen LogP contribution < -0.4 is 4.90 Å². The Bertz CT molecular complexity index is 673. The largest absolute Gasteiger partial charge is 0.368 e. The third-order valence-electron chi connectivity index (χ3n) is 4.02. The van der Waals surface area contributed by atoms with Gasteiger partial charge >= 0.3 is 0 Å². The molecule has 1 fully saturated rings. The standard InChI is InChI=1S/C17H18Cl2N2O2S/c18-13-3-4-16(15(19)10-13)20-5-7-21(8-6-20)17(11-22)23-12-14-2-1-9-24-14/h1-4,9-11,17H,5-8,12H2. The van der Waals surface area contributed by atoms with Gasteiger partial charge in [0.05, 0.1) is 17.3 Å². The molecule has 1 atom stereocenters. The van der Waals surface area contributed by atoms with Gasteiger partial charge in [-0.15, -0.1) is 11.3 Å². The van der Waals surface area contributed by atoms with Gasteiger partial charge in [0.15, 0.2) is 12.5 Å². The summed E-state index contributed by atoms with van der Waals surface area (Å²) in [5, 5.41) is 3.28. The molecule has 2 heterocycles. The zero-order chi connectivity index (χ0) is 16.9. The predicted octanol–water partition coefficient (Wildman–Crippen LogP) is 3.92. The first-order valence-electron chi connectivity index (χ1n) is 7.70. The Kier molecular flexibility index (Phi) is 6.14. The number of carbonyl (C=O) groups excluding carboxylic acids is 1. The van der Waals surface area contributed by atoms with Crippen molar-refractivity contribution >= 4 is 46.5 Å². The lowest BCUT2D eigenvalue weighted by Gasteiger charge is -2.38. The molecule has 7 heteroatoms. The number of piperazine rings is 1. The van der Waals surface area contributed by atoms with Crippen LogP contribution in [0.3, 0.4) is 0 Å². The molecule has 1 aliphatic rings. The first-order chi connectivity index (χ1) is 11.7. The molecule has 24 heavy (non-hydrogen) atoms. The number of anilines is 1. The van der Waals surface area contributed by atoms with Gasteiger partial charge in [0.25, 0.3) is 0 Å². The van der Waals surface area contributed by atoms with Crippen LogP contribution in [0.1, 0.15) is 4.88 Å². The lowest BCUT2D eigenvalue weighted by molar-refractivity contribution is -0.133. The van der Waals surface area contributed by atoms with Gasteiger partial charge < -0.3 is 9.64 Å². The second kappa shape index (κ2) is 8.32. The zero-order valence-corrected chi connectivity index (χ0v) is 15.4. The fourth-order valence-corrected chi connectivity index (χ4v) is 3.90. The van der Waals surface area contributed by atoms with Crippen molar-refractivity contribution in [2.75, 3.05) is 31.1 Å². The highest BCUT2D eigenvalue weighted by atomic mass is 35.5. The van der Waals surface area contributed by atoms with E-state index in [1.54, 1.807) is 17.4 Å². The highest BCUT2D eigenvalue weighted by molar-refractivity contribution is 7.09. The number of hydrogen-bond donors (Lipinski definition) is 0. The van der Waals surface area contributed by atoms with E-state index in [0.717, 1.165) is 43.0 Å². The van der Waals surface area contributed by atoms with Crippen LogP contribution in [0.15, 0.2) is 35.7 Å². The Morgan fingerprint density at radius 1 is 1.21 bits per heavy atom. The normalized spacial score (nSPS) is 17.0. The van der Waals surface area contributed by atoms with Crippen LogP contribution in [-0.4, -0.2) is 43.6 Å². The van der Waals surface area contributed by atoms with Crippen LogP contribution in [0.4, 0.5) is 5.69 Å². The monoisotopic (exact) mass is 384 g/mol. The number of carbonyl (C=O) groups is 1. The van der Waals surface area contributed by atoms with E-state index in [2.05, 4.69) is 9.80 Å². The van der Waals surface area contributed by atoms with Crippen molar-refractivity contribution in [3.05, 3.63) is 50.6 Å². The quantitative estimate of drug-likeness (QED) is 0.706. The third kappa shape index (κ3) is 4.29. The molecule has 0 bridgehead atoms. The Labute approximate surface area is 155 Å². The average Bonchev–Trinajstić information content (AvgIpc) is 3.10. The summed E-state index contributed by atoms with van der Waals surface area (Å²) in [6.07, 6.45) is 0.369. The molecule has 3 rings (SSSR count). The molecule has 128 valence electrons. The predicted molar refractivity (Wildman–Crippen MR) is 99.2 cm³/mol. The molecular weight excluding hydrogens is 367 g/mol. The number of ether oxygens (including phenoxy) is 1. The Morgan fingerprint density at radius 3 is 2.62 bits per heavy atom. The number of thiophene rings is 1. The Hall–Kier alpha value is -1.11. The molecule has 1 aliphatic heterocycles. The molecule has 4 nitrogen and oxygen atoms in total. The summed E-state index contributed by atoms with van der Waals surface area (Å²) < 4.78 is 5.76. The molecule has 1 saturated heterocycles. The summed E-state index contributed by atoms with van der Waals surface area (Å²) in [5.41, 5.74) is 0.975. The van der Waals surface area contributed by atoms with Crippen LogP contribution in [-0.2, 0) is 16.1 Å². The van der Waals surface area contributed by atoms with Gasteiger partial charge in [-0.1, -0.05) is 29.3 Å². The van der Waals surface area contributed by atoms with Crippen molar-refractivity contribution in [3.63, 3.8) is 0 Å². The number of halogens is 2. The number of aldehydes is 1. The minimum atomic E-state index is -0.505. The van der Waals surface area contributed by atoms with Gasteiger partial charge in [0, 0.05) is 36.1 Å². The van der Waals surface area contributed by atoms with Gasteiger partial charge in [0.2, 0.25) is 0 Å². The molecule has 0 aliphatic carbocycles. The molecular formula is C17H18Cl2N2O2S. The van der Waals surface area contributed by atoms with Crippen LogP contribution in [0, 0.1) is 0 Å². The number of hydrogen-bond acceptors (Lipinski definition) is 5. The van der Waals surface area contributed by atoms with Crippen molar-refractivity contribution in [1.29, 1.82) is 0 Å². The molecule has 0 amide bonds. The summed E-state index contributed by atoms with van der Waals surface area (Å²) in [5.74, 6) is 0. The fraction of sp³-hybridized carbons (Fsp3) is 0.353. The fourth-order valence-electron chi connectivity index (χ4n) is 2.75. The van der Waals surface area contributed by atoms with E-state index < -0.39 is 6.23 Å². The molecule has 0 radical (unpaired) electrons. The van der Waals surface area contributed by atoms with Gasteiger partial charge in [-0.3, -0.25) is 9.69 Å². The van der Waals surface area contributed by atoms with Crippen molar-refractivity contribution in [2.45, 2.75) is 12.8 Å². The molecule has 0 saturated carbocycles. The van der Waals surface area contributed by atoms with Crippen LogP contribution in [0.5, 0.6) is 0 Å². The van der Waals surface area contributed by atoms with Crippen LogP contribution >= 0.6 is 34.5 Å². The van der Waals surface area contributed by atoms with Gasteiger partial charge in [-0.05, 0) is 29.6 Å². The van der Waals surface area contributed by atoms with E-state index in [-0.39, 0.29) is 0 Å². The maximum atomic E-state index is 11.4. The Morgan fingerprint density at radius 2 is 2.00 bits per heavy atom. The summed E-state index contributed by atoms with van der Waals surface area (Å²) in [4.78, 5) is 16.8. The maximum absolute atomic E-state index is 11.4.